The van der Waals surface area contributed by atoms with Crippen LogP contribution < -0.4 is 21.6 Å². The van der Waals surface area contributed by atoms with Gasteiger partial charge in [-0.1, -0.05) is 123 Å². The Bertz CT molecular complexity index is 3100. The average Bonchev–Trinajstić information content (AvgIpc) is 3.80. The fraction of sp³-hybridized carbons (Fsp3) is 0.328. The van der Waals surface area contributed by atoms with Gasteiger partial charge in [0.1, 0.15) is 15.7 Å². The zero-order valence-electron chi connectivity index (χ0n) is 43.4. The molecule has 1 aliphatic rings. The van der Waals surface area contributed by atoms with Crippen molar-refractivity contribution >= 4 is 71.3 Å². The molecule has 5 aromatic carbocycles. The maximum atomic E-state index is 12.6. The number of aromatic nitrogens is 1. The summed E-state index contributed by atoms with van der Waals surface area (Å²) >= 11 is 0. The maximum Gasteiger partial charge on any atom is 0.246 e. The highest BCUT2D eigenvalue weighted by molar-refractivity contribution is 6.33. The average molecular weight is 941 g/mol. The van der Waals surface area contributed by atoms with Gasteiger partial charge in [-0.15, -0.1) is 0 Å². The highest BCUT2D eigenvalue weighted by Gasteiger charge is 2.27. The van der Waals surface area contributed by atoms with Crippen LogP contribution in [0.3, 0.4) is 0 Å². The van der Waals surface area contributed by atoms with Gasteiger partial charge in [0.25, 0.3) is 0 Å². The number of rotatable bonds is 22. The van der Waals surface area contributed by atoms with E-state index in [1.54, 1.807) is 13.8 Å². The second-order valence-corrected chi connectivity index (χ2v) is 19.3. The SMILES string of the molecule is [B]c1ccccc1CN(CCCNC(=O)C(=C)C)Cc1c2ccccc2c(CN(CCCNC(=O)C(=C)C)Cc2ccccc2[B])c2cc(/C(=C3/N=C(C)C(CC)=C3C)c3[nH]c(C)c(CC)c3C)ccc12. The molecule has 4 radical (unpaired) electrons. The molecule has 0 fully saturated rings. The Morgan fingerprint density at radius 3 is 1.59 bits per heavy atom. The number of aryl methyl sites for hydroxylation is 1. The summed E-state index contributed by atoms with van der Waals surface area (Å²) < 4.78 is 0. The third-order valence-electron chi connectivity index (χ3n) is 14.2. The topological polar surface area (TPSA) is 92.8 Å². The zero-order chi connectivity index (χ0) is 50.9. The van der Waals surface area contributed by atoms with Crippen LogP contribution in [0, 0.1) is 13.8 Å². The van der Waals surface area contributed by atoms with Crippen LogP contribution >= 0.6 is 0 Å². The standard InChI is InChI=1S/C61H70B2N6O2/c1-11-47-40(7)58(66-42(47)9)57(59-41(8)48(12-2)43(10)67-59)44-27-28-51-52(33-44)54(37-69(32-20-30-65-61(71)39(5)6)35-46-22-14-18-26-56(46)63)50-24-16-15-23-49(50)53(51)36-68(31-19-29-64-60(70)38(3)4)34-45-21-13-17-25-55(45)62/h13-18,21-28,33,66H,3,5,11-12,19-20,29-32,34-37H2,1-2,4,6-10H3,(H,64,70)(H,65,71)/b59-57-. The minimum atomic E-state index is -0.133. The molecule has 0 bridgehead atoms. The summed E-state index contributed by atoms with van der Waals surface area (Å²) in [5.74, 6) is -0.265. The van der Waals surface area contributed by atoms with Crippen LogP contribution in [0.2, 0.25) is 0 Å². The molecule has 71 heavy (non-hydrogen) atoms. The van der Waals surface area contributed by atoms with Crippen molar-refractivity contribution in [1.82, 2.24) is 25.4 Å². The lowest BCUT2D eigenvalue weighted by molar-refractivity contribution is -0.118. The summed E-state index contributed by atoms with van der Waals surface area (Å²) in [7, 11) is 13.3. The fourth-order valence-corrected chi connectivity index (χ4v) is 10.3. The molecule has 0 saturated carbocycles. The van der Waals surface area contributed by atoms with Gasteiger partial charge in [0, 0.05) is 80.5 Å². The highest BCUT2D eigenvalue weighted by atomic mass is 16.2. The van der Waals surface area contributed by atoms with Crippen molar-refractivity contribution in [2.45, 2.75) is 107 Å². The van der Waals surface area contributed by atoms with Crippen molar-refractivity contribution < 1.29 is 9.59 Å². The van der Waals surface area contributed by atoms with Gasteiger partial charge >= 0.3 is 0 Å². The number of carbonyl (C=O) groups is 2. The van der Waals surface area contributed by atoms with E-state index in [2.05, 4.69) is 135 Å². The third-order valence-corrected chi connectivity index (χ3v) is 14.2. The Balaban J connectivity index is 1.46. The number of nitrogens with one attached hydrogen (secondary N) is 3. The van der Waals surface area contributed by atoms with Crippen molar-refractivity contribution in [3.63, 3.8) is 0 Å². The second kappa shape index (κ2) is 23.6. The van der Waals surface area contributed by atoms with Crippen LogP contribution in [-0.2, 0) is 42.2 Å². The highest BCUT2D eigenvalue weighted by Crippen LogP contribution is 2.42. The number of aliphatic imine (C=N–C) groups is 1. The molecule has 3 N–H and O–H groups in total. The smallest absolute Gasteiger partial charge is 0.246 e. The van der Waals surface area contributed by atoms with Crippen molar-refractivity contribution in [2.24, 2.45) is 4.99 Å². The van der Waals surface area contributed by atoms with E-state index in [1.807, 2.05) is 36.4 Å². The van der Waals surface area contributed by atoms with E-state index in [4.69, 9.17) is 20.7 Å². The summed E-state index contributed by atoms with van der Waals surface area (Å²) in [6.45, 7) is 29.4. The number of hydrogen-bond donors (Lipinski definition) is 3. The third kappa shape index (κ3) is 12.0. The molecule has 1 aliphatic heterocycles. The van der Waals surface area contributed by atoms with Crippen molar-refractivity contribution in [1.29, 1.82) is 0 Å². The molecular formula is C61H70B2N6O2. The minimum absolute atomic E-state index is 0.132. The van der Waals surface area contributed by atoms with Crippen LogP contribution in [0.1, 0.15) is 111 Å². The van der Waals surface area contributed by atoms with Gasteiger partial charge in [0.15, 0.2) is 0 Å². The summed E-state index contributed by atoms with van der Waals surface area (Å²) in [5, 5.41) is 10.8. The largest absolute Gasteiger partial charge is 0.358 e. The summed E-state index contributed by atoms with van der Waals surface area (Å²) in [6.07, 6.45) is 3.31. The van der Waals surface area contributed by atoms with Crippen LogP contribution in [0.5, 0.6) is 0 Å². The quantitative estimate of drug-likeness (QED) is 0.0274. The van der Waals surface area contributed by atoms with Crippen molar-refractivity contribution in [3.8, 4) is 0 Å². The number of carbonyl (C=O) groups excluding carboxylic acids is 2. The molecule has 362 valence electrons. The zero-order valence-corrected chi connectivity index (χ0v) is 43.4. The van der Waals surface area contributed by atoms with Crippen LogP contribution in [0.4, 0.5) is 0 Å². The van der Waals surface area contributed by atoms with E-state index in [1.165, 1.54) is 55.3 Å². The molecule has 8 nitrogen and oxygen atoms in total. The first kappa shape index (κ1) is 52.3. The number of hydrogen-bond acceptors (Lipinski definition) is 5. The molecule has 7 rings (SSSR count). The first-order valence-electron chi connectivity index (χ1n) is 25.3. The predicted molar refractivity (Wildman–Crippen MR) is 300 cm³/mol. The van der Waals surface area contributed by atoms with Crippen LogP contribution in [-0.4, -0.2) is 74.2 Å². The normalized spacial score (nSPS) is 13.4. The van der Waals surface area contributed by atoms with Gasteiger partial charge in [-0.25, -0.2) is 0 Å². The van der Waals surface area contributed by atoms with Gasteiger partial charge in [-0.05, 0) is 145 Å². The van der Waals surface area contributed by atoms with Gasteiger partial charge < -0.3 is 15.6 Å². The minimum Gasteiger partial charge on any atom is -0.358 e. The van der Waals surface area contributed by atoms with E-state index in [0.717, 1.165) is 87.9 Å². The first-order chi connectivity index (χ1) is 34.1. The molecule has 10 heteroatoms. The lowest BCUT2D eigenvalue weighted by Crippen LogP contribution is -2.31. The fourth-order valence-electron chi connectivity index (χ4n) is 10.3. The molecule has 1 aromatic heterocycles. The summed E-state index contributed by atoms with van der Waals surface area (Å²) in [4.78, 5) is 39.3. The molecule has 6 aromatic rings. The van der Waals surface area contributed by atoms with E-state index >= 15 is 0 Å². The molecule has 0 atom stereocenters. The van der Waals surface area contributed by atoms with Gasteiger partial charge in [0.2, 0.25) is 11.8 Å². The van der Waals surface area contributed by atoms with E-state index in [0.29, 0.717) is 57.0 Å². The number of allylic oxidation sites excluding steroid dienone is 2. The van der Waals surface area contributed by atoms with E-state index in [-0.39, 0.29) is 11.8 Å². The summed E-state index contributed by atoms with van der Waals surface area (Å²) in [6, 6.07) is 32.0. The predicted octanol–water partition coefficient (Wildman–Crippen LogP) is 10.2. The second-order valence-electron chi connectivity index (χ2n) is 19.3. The number of amides is 2. The number of fused-ring (bicyclic) bond motifs is 2. The van der Waals surface area contributed by atoms with Gasteiger partial charge in [-0.2, -0.15) is 0 Å². The molecule has 2 heterocycles. The summed E-state index contributed by atoms with van der Waals surface area (Å²) in [5.41, 5.74) is 18.7. The molecular weight excluding hydrogens is 870 g/mol. The van der Waals surface area contributed by atoms with E-state index < -0.39 is 0 Å². The Morgan fingerprint density at radius 2 is 1.13 bits per heavy atom. The lowest BCUT2D eigenvalue weighted by Gasteiger charge is -2.28. The number of nitrogens with zero attached hydrogens (tertiary/aromatic N) is 3. The maximum absolute atomic E-state index is 12.6. The number of benzene rings is 5. The van der Waals surface area contributed by atoms with Crippen molar-refractivity contribution in [3.05, 3.63) is 182 Å². The monoisotopic (exact) mass is 941 g/mol. The molecule has 0 spiro atoms. The number of H-pyrrole nitrogens is 1. The molecule has 2 amide bonds. The van der Waals surface area contributed by atoms with Crippen LogP contribution in [0.15, 0.2) is 137 Å². The lowest BCUT2D eigenvalue weighted by atomic mass is 9.86. The van der Waals surface area contributed by atoms with Crippen LogP contribution in [0.25, 0.3) is 27.1 Å². The van der Waals surface area contributed by atoms with Gasteiger partial charge in [0.05, 0.1) is 11.4 Å². The van der Waals surface area contributed by atoms with E-state index in [9.17, 15) is 9.59 Å². The Hall–Kier alpha value is -6.48. The molecule has 0 saturated heterocycles. The Morgan fingerprint density at radius 1 is 0.634 bits per heavy atom. The van der Waals surface area contributed by atoms with Gasteiger partial charge in [-0.3, -0.25) is 24.4 Å². The Kier molecular flexibility index (Phi) is 17.4. The van der Waals surface area contributed by atoms with Crippen molar-refractivity contribution in [2.75, 3.05) is 26.2 Å². The Labute approximate surface area is 425 Å². The first-order valence-corrected chi connectivity index (χ1v) is 25.3. The molecule has 0 aliphatic carbocycles. The molecule has 0 unspecified atom stereocenters. The number of aromatic amines is 1.